The Bertz CT molecular complexity index is 569. The standard InChI is InChI=1S/C11H10ClFN2O2/c1-5-3-6(7-4-15-17-11(7)14)9(13)10(16-2)8(5)12/h3-4H,14H2,1-2H3. The predicted octanol–water partition coefficient (Wildman–Crippen LogP) is 3.03. The van der Waals surface area contributed by atoms with Crippen LogP contribution >= 0.6 is 11.6 Å². The molecule has 17 heavy (non-hydrogen) atoms. The summed E-state index contributed by atoms with van der Waals surface area (Å²) >= 11 is 5.94. The van der Waals surface area contributed by atoms with Gasteiger partial charge in [-0.2, -0.15) is 0 Å². The molecular weight excluding hydrogens is 247 g/mol. The van der Waals surface area contributed by atoms with Crippen LogP contribution in [0.4, 0.5) is 10.3 Å². The molecule has 2 aromatic rings. The van der Waals surface area contributed by atoms with Gasteiger partial charge in [0.15, 0.2) is 11.6 Å². The third-order valence-electron chi connectivity index (χ3n) is 2.43. The molecule has 0 spiro atoms. The average molecular weight is 257 g/mol. The van der Waals surface area contributed by atoms with Crippen LogP contribution in [0.25, 0.3) is 11.1 Å². The molecule has 0 fully saturated rings. The summed E-state index contributed by atoms with van der Waals surface area (Å²) in [5, 5.41) is 3.75. The van der Waals surface area contributed by atoms with Crippen LogP contribution in [0.15, 0.2) is 16.8 Å². The Labute approximate surface area is 102 Å². The van der Waals surface area contributed by atoms with Crippen LogP contribution in [-0.4, -0.2) is 12.3 Å². The van der Waals surface area contributed by atoms with Gasteiger partial charge in [0.05, 0.1) is 23.9 Å². The number of benzene rings is 1. The van der Waals surface area contributed by atoms with E-state index in [2.05, 4.69) is 5.16 Å². The fraction of sp³-hybridized carbons (Fsp3) is 0.182. The van der Waals surface area contributed by atoms with E-state index in [1.165, 1.54) is 13.3 Å². The minimum absolute atomic E-state index is 0.0118. The highest BCUT2D eigenvalue weighted by atomic mass is 35.5. The number of rotatable bonds is 2. The summed E-state index contributed by atoms with van der Waals surface area (Å²) in [4.78, 5) is 0. The van der Waals surface area contributed by atoms with Crippen molar-refractivity contribution in [3.63, 3.8) is 0 Å². The van der Waals surface area contributed by atoms with Crippen molar-refractivity contribution in [3.05, 3.63) is 28.7 Å². The van der Waals surface area contributed by atoms with Crippen molar-refractivity contribution in [2.24, 2.45) is 0 Å². The lowest BCUT2D eigenvalue weighted by Crippen LogP contribution is -1.96. The number of anilines is 1. The summed E-state index contributed by atoms with van der Waals surface area (Å²) < 4.78 is 23.8. The number of hydrogen-bond acceptors (Lipinski definition) is 4. The number of hydrogen-bond donors (Lipinski definition) is 1. The lowest BCUT2D eigenvalue weighted by Gasteiger charge is -2.10. The van der Waals surface area contributed by atoms with Gasteiger partial charge in [-0.05, 0) is 18.6 Å². The highest BCUT2D eigenvalue weighted by Gasteiger charge is 2.20. The first-order chi connectivity index (χ1) is 8.06. The maximum absolute atomic E-state index is 14.1. The predicted molar refractivity (Wildman–Crippen MR) is 62.6 cm³/mol. The highest BCUT2D eigenvalue weighted by Crippen LogP contribution is 2.39. The molecule has 2 rings (SSSR count). The Morgan fingerprint density at radius 1 is 1.47 bits per heavy atom. The van der Waals surface area contributed by atoms with Crippen LogP contribution in [0.2, 0.25) is 5.02 Å². The molecule has 0 aliphatic heterocycles. The molecule has 1 aromatic heterocycles. The van der Waals surface area contributed by atoms with Crippen molar-refractivity contribution >= 4 is 17.5 Å². The number of nitrogens with two attached hydrogens (primary N) is 1. The third-order valence-corrected chi connectivity index (χ3v) is 2.90. The van der Waals surface area contributed by atoms with Gasteiger partial charge in [-0.15, -0.1) is 0 Å². The molecule has 1 aromatic carbocycles. The van der Waals surface area contributed by atoms with E-state index in [9.17, 15) is 4.39 Å². The van der Waals surface area contributed by atoms with Gasteiger partial charge in [0, 0.05) is 5.56 Å². The third kappa shape index (κ3) is 1.82. The van der Waals surface area contributed by atoms with Crippen molar-refractivity contribution in [1.82, 2.24) is 5.16 Å². The number of ether oxygens (including phenoxy) is 1. The van der Waals surface area contributed by atoms with Crippen LogP contribution in [0.3, 0.4) is 0 Å². The Morgan fingerprint density at radius 3 is 2.71 bits per heavy atom. The monoisotopic (exact) mass is 256 g/mol. The number of aromatic nitrogens is 1. The summed E-state index contributed by atoms with van der Waals surface area (Å²) in [6.45, 7) is 1.75. The molecule has 4 nitrogen and oxygen atoms in total. The van der Waals surface area contributed by atoms with Gasteiger partial charge >= 0.3 is 0 Å². The highest BCUT2D eigenvalue weighted by molar-refractivity contribution is 6.33. The van der Waals surface area contributed by atoms with E-state index in [-0.39, 0.29) is 22.2 Å². The second kappa shape index (κ2) is 4.25. The van der Waals surface area contributed by atoms with Crippen molar-refractivity contribution in [3.8, 4) is 16.9 Å². The fourth-order valence-corrected chi connectivity index (χ4v) is 1.78. The number of halogens is 2. The smallest absolute Gasteiger partial charge is 0.230 e. The zero-order valence-corrected chi connectivity index (χ0v) is 10.0. The van der Waals surface area contributed by atoms with Crippen molar-refractivity contribution in [1.29, 1.82) is 0 Å². The van der Waals surface area contributed by atoms with Gasteiger partial charge in [0.25, 0.3) is 0 Å². The molecule has 0 amide bonds. The quantitative estimate of drug-likeness (QED) is 0.897. The Balaban J connectivity index is 2.72. The van der Waals surface area contributed by atoms with Gasteiger partial charge in [0.2, 0.25) is 5.88 Å². The van der Waals surface area contributed by atoms with Crippen molar-refractivity contribution < 1.29 is 13.7 Å². The lowest BCUT2D eigenvalue weighted by molar-refractivity contribution is 0.387. The van der Waals surface area contributed by atoms with E-state index in [1.807, 2.05) is 0 Å². The maximum atomic E-state index is 14.1. The summed E-state index contributed by atoms with van der Waals surface area (Å²) in [6, 6.07) is 1.57. The van der Waals surface area contributed by atoms with Crippen LogP contribution in [0.1, 0.15) is 5.56 Å². The second-order valence-corrected chi connectivity index (χ2v) is 3.88. The zero-order chi connectivity index (χ0) is 12.6. The molecule has 0 bridgehead atoms. The molecule has 90 valence electrons. The first-order valence-corrected chi connectivity index (χ1v) is 5.17. The minimum Gasteiger partial charge on any atom is -0.492 e. The number of methoxy groups -OCH3 is 1. The van der Waals surface area contributed by atoms with E-state index >= 15 is 0 Å². The van der Waals surface area contributed by atoms with E-state index in [4.69, 9.17) is 26.6 Å². The van der Waals surface area contributed by atoms with Gasteiger partial charge in [-0.1, -0.05) is 16.8 Å². The molecule has 0 saturated carbocycles. The minimum atomic E-state index is -0.585. The average Bonchev–Trinajstić information content (AvgIpc) is 2.71. The van der Waals surface area contributed by atoms with Crippen molar-refractivity contribution in [2.75, 3.05) is 12.8 Å². The van der Waals surface area contributed by atoms with Gasteiger partial charge in [-0.3, -0.25) is 0 Å². The molecule has 0 aliphatic carbocycles. The van der Waals surface area contributed by atoms with Crippen LogP contribution in [0.5, 0.6) is 5.75 Å². The Kier molecular flexibility index (Phi) is 2.93. The molecular formula is C11H10ClFN2O2. The Hall–Kier alpha value is -1.75. The van der Waals surface area contributed by atoms with E-state index in [1.54, 1.807) is 13.0 Å². The normalized spacial score (nSPS) is 10.6. The van der Waals surface area contributed by atoms with E-state index in [0.29, 0.717) is 11.1 Å². The first-order valence-electron chi connectivity index (χ1n) is 4.79. The van der Waals surface area contributed by atoms with Crippen LogP contribution < -0.4 is 10.5 Å². The van der Waals surface area contributed by atoms with E-state index in [0.717, 1.165) is 0 Å². The van der Waals surface area contributed by atoms with Crippen LogP contribution in [0, 0.1) is 12.7 Å². The second-order valence-electron chi connectivity index (χ2n) is 3.51. The first kappa shape index (κ1) is 11.7. The number of nitrogen functional groups attached to an aromatic ring is 1. The molecule has 0 aliphatic rings. The SMILES string of the molecule is COc1c(F)c(-c2cnoc2N)cc(C)c1Cl. The van der Waals surface area contributed by atoms with Crippen LogP contribution in [-0.2, 0) is 0 Å². The largest absolute Gasteiger partial charge is 0.492 e. The summed E-state index contributed by atoms with van der Waals surface area (Å²) in [5.74, 6) is -0.548. The molecule has 2 N–H and O–H groups in total. The topological polar surface area (TPSA) is 61.3 Å². The molecule has 0 saturated heterocycles. The maximum Gasteiger partial charge on any atom is 0.230 e. The lowest BCUT2D eigenvalue weighted by atomic mass is 10.0. The van der Waals surface area contributed by atoms with Gasteiger partial charge < -0.3 is 15.0 Å². The molecule has 0 radical (unpaired) electrons. The molecule has 0 unspecified atom stereocenters. The number of nitrogens with zero attached hydrogens (tertiary/aromatic N) is 1. The summed E-state index contributed by atoms with van der Waals surface area (Å²) in [5.41, 5.74) is 6.86. The van der Waals surface area contributed by atoms with E-state index < -0.39 is 5.82 Å². The summed E-state index contributed by atoms with van der Waals surface area (Å²) in [6.07, 6.45) is 1.35. The van der Waals surface area contributed by atoms with Crippen molar-refractivity contribution in [2.45, 2.75) is 6.92 Å². The molecule has 6 heteroatoms. The Morgan fingerprint density at radius 2 is 2.18 bits per heavy atom. The summed E-state index contributed by atoms with van der Waals surface area (Å²) in [7, 11) is 1.35. The fourth-order valence-electron chi connectivity index (χ4n) is 1.57. The molecule has 0 atom stereocenters. The zero-order valence-electron chi connectivity index (χ0n) is 9.25. The molecule has 1 heterocycles. The number of aryl methyl sites for hydroxylation is 1. The van der Waals surface area contributed by atoms with Gasteiger partial charge in [0.1, 0.15) is 0 Å². The van der Waals surface area contributed by atoms with Gasteiger partial charge in [-0.25, -0.2) is 4.39 Å².